The van der Waals surface area contributed by atoms with Crippen LogP contribution in [0.4, 0.5) is 5.69 Å². The van der Waals surface area contributed by atoms with Crippen LogP contribution in [0.2, 0.25) is 5.02 Å². The zero-order valence-electron chi connectivity index (χ0n) is 10.9. The summed E-state index contributed by atoms with van der Waals surface area (Å²) in [6.07, 6.45) is 0. The van der Waals surface area contributed by atoms with E-state index in [2.05, 4.69) is 15.9 Å². The van der Waals surface area contributed by atoms with E-state index < -0.39 is 0 Å². The molecule has 20 heavy (non-hydrogen) atoms. The summed E-state index contributed by atoms with van der Waals surface area (Å²) in [6.45, 7) is 0.454. The van der Waals surface area contributed by atoms with Crippen molar-refractivity contribution in [2.24, 2.45) is 0 Å². The molecule has 0 spiro atoms. The van der Waals surface area contributed by atoms with E-state index in [0.717, 1.165) is 10.0 Å². The minimum atomic E-state index is -0.101. The number of anilines is 1. The second-order valence-electron chi connectivity index (χ2n) is 4.52. The van der Waals surface area contributed by atoms with Gasteiger partial charge in [-0.15, -0.1) is 0 Å². The number of benzene rings is 2. The Morgan fingerprint density at radius 3 is 2.65 bits per heavy atom. The van der Waals surface area contributed by atoms with Gasteiger partial charge in [-0.1, -0.05) is 45.7 Å². The van der Waals surface area contributed by atoms with Gasteiger partial charge in [-0.3, -0.25) is 4.79 Å². The summed E-state index contributed by atoms with van der Waals surface area (Å²) in [6, 6.07) is 12.7. The van der Waals surface area contributed by atoms with Gasteiger partial charge >= 0.3 is 0 Å². The topological polar surface area (TPSA) is 46.3 Å². The second-order valence-corrected chi connectivity index (χ2v) is 5.87. The first-order valence-electron chi connectivity index (χ1n) is 6.02. The van der Waals surface area contributed by atoms with Crippen LogP contribution in [0.1, 0.15) is 15.9 Å². The van der Waals surface area contributed by atoms with E-state index in [1.54, 1.807) is 30.1 Å². The van der Waals surface area contributed by atoms with Crippen molar-refractivity contribution in [2.45, 2.75) is 6.54 Å². The molecule has 0 saturated heterocycles. The number of hydrogen-bond acceptors (Lipinski definition) is 2. The predicted octanol–water partition coefficient (Wildman–Crippen LogP) is 3.96. The number of carbonyl (C=O) groups is 1. The van der Waals surface area contributed by atoms with Crippen molar-refractivity contribution >= 4 is 39.1 Å². The molecule has 0 heterocycles. The third kappa shape index (κ3) is 3.52. The first-order valence-corrected chi connectivity index (χ1v) is 7.19. The van der Waals surface area contributed by atoms with Crippen molar-refractivity contribution in [2.75, 3.05) is 12.8 Å². The molecule has 2 N–H and O–H groups in total. The Bertz CT molecular complexity index is 625. The molecule has 104 valence electrons. The van der Waals surface area contributed by atoms with Gasteiger partial charge in [0.1, 0.15) is 0 Å². The Kier molecular flexibility index (Phi) is 4.68. The number of nitrogen functional groups attached to an aromatic ring is 1. The first kappa shape index (κ1) is 14.9. The van der Waals surface area contributed by atoms with Crippen molar-refractivity contribution in [1.82, 2.24) is 4.90 Å². The number of nitrogens with zero attached hydrogens (tertiary/aromatic N) is 1. The predicted molar refractivity (Wildman–Crippen MR) is 85.8 cm³/mol. The Morgan fingerprint density at radius 2 is 2.00 bits per heavy atom. The monoisotopic (exact) mass is 352 g/mol. The molecule has 0 radical (unpaired) electrons. The summed E-state index contributed by atoms with van der Waals surface area (Å²) in [5, 5.41) is 0.523. The number of para-hydroxylation sites is 1. The SMILES string of the molecule is CN(Cc1ccccc1N)C(=O)c1cc(Cl)cc(Br)c1. The molecule has 0 unspecified atom stereocenters. The van der Waals surface area contributed by atoms with Crippen LogP contribution in [-0.4, -0.2) is 17.9 Å². The summed E-state index contributed by atoms with van der Waals surface area (Å²) in [7, 11) is 1.74. The molecule has 0 aliphatic carbocycles. The van der Waals surface area contributed by atoms with Crippen molar-refractivity contribution in [3.05, 3.63) is 63.1 Å². The van der Waals surface area contributed by atoms with Crippen LogP contribution >= 0.6 is 27.5 Å². The van der Waals surface area contributed by atoms with E-state index in [-0.39, 0.29) is 5.91 Å². The van der Waals surface area contributed by atoms with Crippen LogP contribution in [0.25, 0.3) is 0 Å². The lowest BCUT2D eigenvalue weighted by Crippen LogP contribution is -2.26. The van der Waals surface area contributed by atoms with Crippen molar-refractivity contribution < 1.29 is 4.79 Å². The van der Waals surface area contributed by atoms with Crippen molar-refractivity contribution in [1.29, 1.82) is 0 Å². The molecular formula is C15H14BrClN2O. The molecule has 2 aromatic carbocycles. The van der Waals surface area contributed by atoms with E-state index in [0.29, 0.717) is 22.8 Å². The van der Waals surface area contributed by atoms with Crippen molar-refractivity contribution in [3.63, 3.8) is 0 Å². The Labute approximate surface area is 131 Å². The van der Waals surface area contributed by atoms with Crippen LogP contribution < -0.4 is 5.73 Å². The summed E-state index contributed by atoms with van der Waals surface area (Å²) in [4.78, 5) is 14.0. The summed E-state index contributed by atoms with van der Waals surface area (Å²) < 4.78 is 0.779. The average Bonchev–Trinajstić information content (AvgIpc) is 2.39. The Balaban J connectivity index is 2.18. The third-order valence-corrected chi connectivity index (χ3v) is 3.59. The smallest absolute Gasteiger partial charge is 0.253 e. The highest BCUT2D eigenvalue weighted by molar-refractivity contribution is 9.10. The average molecular weight is 354 g/mol. The number of nitrogens with two attached hydrogens (primary N) is 1. The fourth-order valence-electron chi connectivity index (χ4n) is 1.90. The molecule has 2 rings (SSSR count). The van der Waals surface area contributed by atoms with Crippen molar-refractivity contribution in [3.8, 4) is 0 Å². The number of amides is 1. The fourth-order valence-corrected chi connectivity index (χ4v) is 2.76. The highest BCUT2D eigenvalue weighted by Gasteiger charge is 2.14. The maximum atomic E-state index is 12.4. The lowest BCUT2D eigenvalue weighted by Gasteiger charge is -2.18. The highest BCUT2D eigenvalue weighted by atomic mass is 79.9. The Hall–Kier alpha value is -1.52. The maximum Gasteiger partial charge on any atom is 0.253 e. The van der Waals surface area contributed by atoms with Gasteiger partial charge in [0.05, 0.1) is 0 Å². The number of halogens is 2. The highest BCUT2D eigenvalue weighted by Crippen LogP contribution is 2.21. The van der Waals surface area contributed by atoms with E-state index in [1.165, 1.54) is 0 Å². The summed E-state index contributed by atoms with van der Waals surface area (Å²) in [5.41, 5.74) is 8.03. The molecule has 0 bridgehead atoms. The van der Waals surface area contributed by atoms with E-state index in [4.69, 9.17) is 17.3 Å². The second kappa shape index (κ2) is 6.29. The maximum absolute atomic E-state index is 12.4. The molecule has 0 atom stereocenters. The molecule has 0 fully saturated rings. The third-order valence-electron chi connectivity index (χ3n) is 2.92. The number of rotatable bonds is 3. The zero-order chi connectivity index (χ0) is 14.7. The van der Waals surface area contributed by atoms with Crippen LogP contribution in [0, 0.1) is 0 Å². The lowest BCUT2D eigenvalue weighted by atomic mass is 10.1. The molecule has 3 nitrogen and oxygen atoms in total. The fraction of sp³-hybridized carbons (Fsp3) is 0.133. The van der Waals surface area contributed by atoms with Gasteiger partial charge in [0, 0.05) is 34.3 Å². The molecule has 2 aromatic rings. The zero-order valence-corrected chi connectivity index (χ0v) is 13.3. The van der Waals surface area contributed by atoms with Crippen LogP contribution in [0.15, 0.2) is 46.9 Å². The van der Waals surface area contributed by atoms with E-state index in [9.17, 15) is 4.79 Å². The van der Waals surface area contributed by atoms with Gasteiger partial charge in [0.15, 0.2) is 0 Å². The lowest BCUT2D eigenvalue weighted by molar-refractivity contribution is 0.0785. The quantitative estimate of drug-likeness (QED) is 0.849. The normalized spacial score (nSPS) is 10.3. The molecule has 0 aliphatic rings. The van der Waals surface area contributed by atoms with Gasteiger partial charge in [0.2, 0.25) is 0 Å². The van der Waals surface area contributed by atoms with Crippen LogP contribution in [-0.2, 0) is 6.54 Å². The van der Waals surface area contributed by atoms with Gasteiger partial charge < -0.3 is 10.6 Å². The Morgan fingerprint density at radius 1 is 1.30 bits per heavy atom. The molecule has 0 aromatic heterocycles. The van der Waals surface area contributed by atoms with Crippen LogP contribution in [0.5, 0.6) is 0 Å². The number of hydrogen-bond donors (Lipinski definition) is 1. The van der Waals surface area contributed by atoms with E-state index >= 15 is 0 Å². The van der Waals surface area contributed by atoms with Gasteiger partial charge in [-0.25, -0.2) is 0 Å². The summed E-state index contributed by atoms with van der Waals surface area (Å²) in [5.74, 6) is -0.101. The molecule has 5 heteroatoms. The van der Waals surface area contributed by atoms with E-state index in [1.807, 2.05) is 24.3 Å². The standard InChI is InChI=1S/C15H14BrClN2O/c1-19(9-10-4-2-3-5-14(10)18)15(20)11-6-12(16)8-13(17)7-11/h2-8H,9,18H2,1H3. The molecule has 0 saturated carbocycles. The molecular weight excluding hydrogens is 340 g/mol. The largest absolute Gasteiger partial charge is 0.398 e. The van der Waals surface area contributed by atoms with Gasteiger partial charge in [-0.05, 0) is 29.8 Å². The molecule has 0 aliphatic heterocycles. The molecule has 1 amide bonds. The van der Waals surface area contributed by atoms with Gasteiger partial charge in [-0.2, -0.15) is 0 Å². The van der Waals surface area contributed by atoms with Gasteiger partial charge in [0.25, 0.3) is 5.91 Å². The minimum absolute atomic E-state index is 0.101. The number of carbonyl (C=O) groups excluding carboxylic acids is 1. The first-order chi connectivity index (χ1) is 9.47. The summed E-state index contributed by atoms with van der Waals surface area (Å²) >= 11 is 9.30. The minimum Gasteiger partial charge on any atom is -0.398 e. The van der Waals surface area contributed by atoms with Crippen LogP contribution in [0.3, 0.4) is 0 Å².